The molecule has 0 spiro atoms. The smallest absolute Gasteiger partial charge is 0.265 e. The Kier molecular flexibility index (Phi) is 6.00. The lowest BCUT2D eigenvalue weighted by molar-refractivity contribution is 0.0220. The molecule has 5 nitrogen and oxygen atoms in total. The lowest BCUT2D eigenvalue weighted by atomic mass is 10.2. The Morgan fingerprint density at radius 2 is 1.89 bits per heavy atom. The molecule has 0 unspecified atom stereocenters. The second-order valence-electron chi connectivity index (χ2n) is 5.48. The number of rotatable bonds is 7. The largest absolute Gasteiger partial charge is 0.468 e. The fraction of sp³-hybridized carbons (Fsp3) is 0.462. The Bertz CT molecular complexity index is 401. The summed E-state index contributed by atoms with van der Waals surface area (Å²) in [6.45, 7) is 7.87. The van der Waals surface area contributed by atoms with Gasteiger partial charge in [0.2, 0.25) is 0 Å². The van der Waals surface area contributed by atoms with Crippen molar-refractivity contribution in [1.29, 1.82) is 0 Å². The summed E-state index contributed by atoms with van der Waals surface area (Å²) in [5.41, 5.74) is 2.57. The Morgan fingerprint density at radius 3 is 2.42 bits per heavy atom. The van der Waals surface area contributed by atoms with E-state index in [4.69, 9.17) is 15.3 Å². The van der Waals surface area contributed by atoms with Crippen LogP contribution >= 0.6 is 0 Å². The van der Waals surface area contributed by atoms with Crippen molar-refractivity contribution in [2.45, 2.75) is 25.7 Å². The number of hydrazine groups is 1. The molecule has 3 N–H and O–H groups in total. The van der Waals surface area contributed by atoms with Crippen LogP contribution in [0.4, 0.5) is 0 Å². The average molecular weight is 282 g/mol. The third kappa shape index (κ3) is 6.37. The van der Waals surface area contributed by atoms with Crippen molar-refractivity contribution in [1.82, 2.24) is 5.43 Å². The standard InChI is InChI=1S/C13H22N2O3Si/c1-19(2,3)9-8-17-10-18-12-6-4-11(5-7-12)13(16)15-14/h4-7H,8-10,14H2,1-3H3,(H,15,16). The van der Waals surface area contributed by atoms with Gasteiger partial charge in [0.05, 0.1) is 0 Å². The number of amides is 1. The summed E-state index contributed by atoms with van der Waals surface area (Å²) in [5, 5.41) is 0. The number of benzene rings is 1. The molecule has 0 atom stereocenters. The number of nitrogens with one attached hydrogen (secondary N) is 1. The van der Waals surface area contributed by atoms with Crippen LogP contribution in [-0.4, -0.2) is 27.4 Å². The van der Waals surface area contributed by atoms with E-state index in [9.17, 15) is 4.79 Å². The quantitative estimate of drug-likeness (QED) is 0.200. The third-order valence-electron chi connectivity index (χ3n) is 2.55. The lowest BCUT2D eigenvalue weighted by Gasteiger charge is -2.15. The van der Waals surface area contributed by atoms with Crippen LogP contribution in [0.5, 0.6) is 5.75 Å². The van der Waals surface area contributed by atoms with Crippen LogP contribution in [-0.2, 0) is 4.74 Å². The summed E-state index contributed by atoms with van der Waals surface area (Å²) >= 11 is 0. The van der Waals surface area contributed by atoms with Gasteiger partial charge in [-0.3, -0.25) is 10.2 Å². The van der Waals surface area contributed by atoms with Crippen LogP contribution in [0.3, 0.4) is 0 Å². The minimum Gasteiger partial charge on any atom is -0.468 e. The molecule has 0 fully saturated rings. The van der Waals surface area contributed by atoms with Crippen molar-refractivity contribution in [3.8, 4) is 5.75 Å². The van der Waals surface area contributed by atoms with Crippen molar-refractivity contribution in [3.05, 3.63) is 29.8 Å². The average Bonchev–Trinajstić information content (AvgIpc) is 2.37. The van der Waals surface area contributed by atoms with E-state index in [1.54, 1.807) is 24.3 Å². The van der Waals surface area contributed by atoms with E-state index < -0.39 is 8.07 Å². The fourth-order valence-electron chi connectivity index (χ4n) is 1.33. The molecule has 106 valence electrons. The Labute approximate surface area is 115 Å². The first-order valence-electron chi connectivity index (χ1n) is 6.24. The molecule has 0 radical (unpaired) electrons. The molecule has 0 aromatic heterocycles. The minimum absolute atomic E-state index is 0.229. The number of hydrogen-bond donors (Lipinski definition) is 2. The zero-order chi connectivity index (χ0) is 14.3. The van der Waals surface area contributed by atoms with E-state index in [2.05, 4.69) is 25.1 Å². The molecule has 1 aromatic carbocycles. The van der Waals surface area contributed by atoms with Gasteiger partial charge in [-0.25, -0.2) is 5.84 Å². The van der Waals surface area contributed by atoms with Crippen molar-refractivity contribution in [3.63, 3.8) is 0 Å². The molecule has 0 aliphatic heterocycles. The lowest BCUT2D eigenvalue weighted by Crippen LogP contribution is -2.29. The number of ether oxygens (including phenoxy) is 2. The molecule has 0 aliphatic carbocycles. The Balaban J connectivity index is 2.29. The monoisotopic (exact) mass is 282 g/mol. The first-order valence-corrected chi connectivity index (χ1v) is 9.94. The zero-order valence-corrected chi connectivity index (χ0v) is 12.7. The first kappa shape index (κ1) is 15.7. The predicted molar refractivity (Wildman–Crippen MR) is 77.7 cm³/mol. The molecule has 1 aromatic rings. The number of carbonyl (C=O) groups excluding carboxylic acids is 1. The molecule has 1 amide bonds. The predicted octanol–water partition coefficient (Wildman–Crippen LogP) is 1.98. The highest BCUT2D eigenvalue weighted by Crippen LogP contribution is 2.12. The summed E-state index contributed by atoms with van der Waals surface area (Å²) in [6.07, 6.45) is 0. The van der Waals surface area contributed by atoms with Crippen LogP contribution in [0.1, 0.15) is 10.4 Å². The maximum absolute atomic E-state index is 11.2. The number of nitrogen functional groups attached to an aromatic ring is 1. The summed E-state index contributed by atoms with van der Waals surface area (Å²) in [5.74, 6) is 5.39. The van der Waals surface area contributed by atoms with Gasteiger partial charge < -0.3 is 9.47 Å². The molecule has 1 rings (SSSR count). The zero-order valence-electron chi connectivity index (χ0n) is 11.7. The molecule has 6 heteroatoms. The third-order valence-corrected chi connectivity index (χ3v) is 4.26. The van der Waals surface area contributed by atoms with Crippen LogP contribution in [0.25, 0.3) is 0 Å². The topological polar surface area (TPSA) is 73.6 Å². The fourth-order valence-corrected chi connectivity index (χ4v) is 2.09. The molecule has 0 aliphatic rings. The summed E-state index contributed by atoms with van der Waals surface area (Å²) in [4.78, 5) is 11.2. The van der Waals surface area contributed by atoms with Gasteiger partial charge in [-0.15, -0.1) is 0 Å². The SMILES string of the molecule is C[Si](C)(C)CCOCOc1ccc(C(=O)NN)cc1. The first-order chi connectivity index (χ1) is 8.92. The Hall–Kier alpha value is -1.37. The van der Waals surface area contributed by atoms with Gasteiger partial charge in [0, 0.05) is 20.2 Å². The van der Waals surface area contributed by atoms with E-state index in [1.807, 2.05) is 0 Å². The molecule has 0 saturated carbocycles. The second-order valence-corrected chi connectivity index (χ2v) is 11.1. The second kappa shape index (κ2) is 7.27. The van der Waals surface area contributed by atoms with E-state index in [0.29, 0.717) is 11.3 Å². The van der Waals surface area contributed by atoms with Crippen molar-refractivity contribution in [2.75, 3.05) is 13.4 Å². The maximum atomic E-state index is 11.2. The van der Waals surface area contributed by atoms with E-state index >= 15 is 0 Å². The van der Waals surface area contributed by atoms with E-state index in [1.165, 1.54) is 0 Å². The van der Waals surface area contributed by atoms with Crippen LogP contribution in [0, 0.1) is 0 Å². The van der Waals surface area contributed by atoms with Gasteiger partial charge in [-0.05, 0) is 30.3 Å². The van der Waals surface area contributed by atoms with Crippen LogP contribution in [0.15, 0.2) is 24.3 Å². The van der Waals surface area contributed by atoms with Crippen LogP contribution in [0.2, 0.25) is 25.7 Å². The van der Waals surface area contributed by atoms with Crippen molar-refractivity contribution >= 4 is 14.0 Å². The molecule has 0 bridgehead atoms. The Morgan fingerprint density at radius 1 is 1.26 bits per heavy atom. The normalized spacial score (nSPS) is 11.2. The summed E-state index contributed by atoms with van der Waals surface area (Å²) in [7, 11) is -1.05. The summed E-state index contributed by atoms with van der Waals surface area (Å²) < 4.78 is 10.8. The van der Waals surface area contributed by atoms with Gasteiger partial charge in [0.1, 0.15) is 5.75 Å². The molecular formula is C13H22N2O3Si. The summed E-state index contributed by atoms with van der Waals surface area (Å²) in [6, 6.07) is 7.85. The van der Waals surface area contributed by atoms with Crippen LogP contribution < -0.4 is 16.0 Å². The minimum atomic E-state index is -1.05. The van der Waals surface area contributed by atoms with Gasteiger partial charge in [-0.2, -0.15) is 0 Å². The molecule has 0 saturated heterocycles. The molecule has 19 heavy (non-hydrogen) atoms. The number of hydrogen-bond acceptors (Lipinski definition) is 4. The van der Waals surface area contributed by atoms with E-state index in [0.717, 1.165) is 12.7 Å². The number of nitrogens with two attached hydrogens (primary N) is 1. The highest BCUT2D eigenvalue weighted by molar-refractivity contribution is 6.76. The highest BCUT2D eigenvalue weighted by Gasteiger charge is 2.11. The van der Waals surface area contributed by atoms with Gasteiger partial charge in [-0.1, -0.05) is 19.6 Å². The molecule has 0 heterocycles. The van der Waals surface area contributed by atoms with Gasteiger partial charge in [0.15, 0.2) is 6.79 Å². The number of carbonyl (C=O) groups is 1. The maximum Gasteiger partial charge on any atom is 0.265 e. The van der Waals surface area contributed by atoms with Crippen molar-refractivity contribution in [2.24, 2.45) is 5.84 Å². The van der Waals surface area contributed by atoms with Crippen molar-refractivity contribution < 1.29 is 14.3 Å². The van der Waals surface area contributed by atoms with Gasteiger partial charge in [0.25, 0.3) is 5.91 Å². The van der Waals surface area contributed by atoms with Gasteiger partial charge >= 0.3 is 0 Å². The van der Waals surface area contributed by atoms with E-state index in [-0.39, 0.29) is 12.7 Å². The molecular weight excluding hydrogens is 260 g/mol. The highest BCUT2D eigenvalue weighted by atomic mass is 28.3.